The van der Waals surface area contributed by atoms with Gasteiger partial charge in [-0.15, -0.1) is 0 Å². The molecule has 0 bridgehead atoms. The highest BCUT2D eigenvalue weighted by Gasteiger charge is 2.22. The predicted octanol–water partition coefficient (Wildman–Crippen LogP) is 3.48. The highest BCUT2D eigenvalue weighted by atomic mass is 16.5. The average molecular weight is 302 g/mol. The van der Waals surface area contributed by atoms with Gasteiger partial charge in [-0.25, -0.2) is 4.79 Å². The molecule has 0 saturated carbocycles. The summed E-state index contributed by atoms with van der Waals surface area (Å²) in [7, 11) is 3.34. The second-order valence-electron chi connectivity index (χ2n) is 6.00. The van der Waals surface area contributed by atoms with Crippen molar-refractivity contribution >= 4 is 5.97 Å². The van der Waals surface area contributed by atoms with Gasteiger partial charge in [-0.2, -0.15) is 5.10 Å². The van der Waals surface area contributed by atoms with E-state index >= 15 is 0 Å². The van der Waals surface area contributed by atoms with Crippen LogP contribution in [0.4, 0.5) is 0 Å². The van der Waals surface area contributed by atoms with Crippen LogP contribution in [0.5, 0.6) is 5.75 Å². The maximum absolute atomic E-state index is 11.1. The van der Waals surface area contributed by atoms with Crippen molar-refractivity contribution in [1.82, 2.24) is 9.78 Å². The molecule has 0 spiro atoms. The van der Waals surface area contributed by atoms with E-state index in [4.69, 9.17) is 9.84 Å². The molecule has 118 valence electrons. The van der Waals surface area contributed by atoms with Gasteiger partial charge in [0.2, 0.25) is 0 Å². The van der Waals surface area contributed by atoms with Crippen molar-refractivity contribution in [3.63, 3.8) is 0 Å². The largest absolute Gasteiger partial charge is 0.496 e. The number of nitrogens with zero attached hydrogens (tertiary/aromatic N) is 2. The van der Waals surface area contributed by atoms with E-state index in [9.17, 15) is 4.79 Å². The van der Waals surface area contributed by atoms with Crippen LogP contribution in [-0.4, -0.2) is 28.0 Å². The van der Waals surface area contributed by atoms with E-state index in [-0.39, 0.29) is 11.1 Å². The lowest BCUT2D eigenvalue weighted by atomic mass is 9.81. The Morgan fingerprint density at radius 1 is 1.36 bits per heavy atom. The number of carboxylic acids is 1. The van der Waals surface area contributed by atoms with Crippen LogP contribution in [0.25, 0.3) is 11.3 Å². The van der Waals surface area contributed by atoms with Crippen molar-refractivity contribution in [2.24, 2.45) is 7.05 Å². The van der Waals surface area contributed by atoms with E-state index in [0.717, 1.165) is 17.7 Å². The van der Waals surface area contributed by atoms with Crippen LogP contribution < -0.4 is 4.74 Å². The lowest BCUT2D eigenvalue weighted by molar-refractivity contribution is 0.0689. The number of carbonyl (C=O) groups is 1. The number of benzene rings is 1. The topological polar surface area (TPSA) is 64.3 Å². The zero-order valence-corrected chi connectivity index (χ0v) is 13.7. The molecule has 5 heteroatoms. The van der Waals surface area contributed by atoms with E-state index in [1.807, 2.05) is 6.07 Å². The number of aromatic carboxylic acids is 1. The summed E-state index contributed by atoms with van der Waals surface area (Å²) >= 11 is 0. The molecule has 1 N–H and O–H groups in total. The second-order valence-corrected chi connectivity index (χ2v) is 6.00. The molecular weight excluding hydrogens is 280 g/mol. The molecule has 1 aromatic carbocycles. The van der Waals surface area contributed by atoms with Gasteiger partial charge in [-0.05, 0) is 35.6 Å². The van der Waals surface area contributed by atoms with Crippen molar-refractivity contribution in [3.05, 3.63) is 35.5 Å². The van der Waals surface area contributed by atoms with Gasteiger partial charge < -0.3 is 9.84 Å². The monoisotopic (exact) mass is 302 g/mol. The molecule has 0 aliphatic rings. The summed E-state index contributed by atoms with van der Waals surface area (Å²) in [5.74, 6) is -0.332. The maximum Gasteiger partial charge on any atom is 0.356 e. The molecule has 0 aliphatic heterocycles. The number of ether oxygens (including phenoxy) is 1. The first-order valence-corrected chi connectivity index (χ1v) is 7.26. The predicted molar refractivity (Wildman–Crippen MR) is 85.5 cm³/mol. The number of methoxy groups -OCH3 is 1. The lowest BCUT2D eigenvalue weighted by Crippen LogP contribution is -2.15. The Labute approximate surface area is 130 Å². The van der Waals surface area contributed by atoms with Crippen LogP contribution in [0.3, 0.4) is 0 Å². The third kappa shape index (κ3) is 2.84. The van der Waals surface area contributed by atoms with Gasteiger partial charge >= 0.3 is 5.97 Å². The van der Waals surface area contributed by atoms with Gasteiger partial charge in [0, 0.05) is 12.6 Å². The molecule has 1 aromatic heterocycles. The molecule has 0 fully saturated rings. The highest BCUT2D eigenvalue weighted by Crippen LogP contribution is 2.36. The Morgan fingerprint density at radius 2 is 2.05 bits per heavy atom. The SMILES string of the molecule is CCC(C)(C)c1ccc(OC)c(-c2cc(C(=O)O)nn2C)c1. The highest BCUT2D eigenvalue weighted by molar-refractivity contribution is 5.87. The normalized spacial score (nSPS) is 11.5. The molecule has 0 aliphatic carbocycles. The fraction of sp³-hybridized carbons (Fsp3) is 0.412. The number of rotatable bonds is 5. The fourth-order valence-electron chi connectivity index (χ4n) is 2.36. The van der Waals surface area contributed by atoms with Crippen molar-refractivity contribution < 1.29 is 14.6 Å². The number of aryl methyl sites for hydroxylation is 1. The molecule has 22 heavy (non-hydrogen) atoms. The van der Waals surface area contributed by atoms with Gasteiger partial charge in [0.25, 0.3) is 0 Å². The van der Waals surface area contributed by atoms with Gasteiger partial charge in [0.1, 0.15) is 5.75 Å². The molecule has 1 heterocycles. The Bertz CT molecular complexity index is 702. The van der Waals surface area contributed by atoms with E-state index in [2.05, 4.69) is 38.0 Å². The molecule has 5 nitrogen and oxygen atoms in total. The van der Waals surface area contributed by atoms with E-state index < -0.39 is 5.97 Å². The molecule has 0 radical (unpaired) electrons. The first-order valence-electron chi connectivity index (χ1n) is 7.26. The Hall–Kier alpha value is -2.30. The van der Waals surface area contributed by atoms with Crippen LogP contribution in [-0.2, 0) is 12.5 Å². The maximum atomic E-state index is 11.1. The van der Waals surface area contributed by atoms with E-state index in [1.165, 1.54) is 5.56 Å². The zero-order chi connectivity index (χ0) is 16.5. The molecule has 0 saturated heterocycles. The minimum atomic E-state index is -1.04. The van der Waals surface area contributed by atoms with Crippen LogP contribution >= 0.6 is 0 Å². The van der Waals surface area contributed by atoms with E-state index in [1.54, 1.807) is 24.9 Å². The van der Waals surface area contributed by atoms with Crippen LogP contribution in [0.1, 0.15) is 43.2 Å². The molecule has 0 amide bonds. The minimum absolute atomic E-state index is 0.0275. The summed E-state index contributed by atoms with van der Waals surface area (Å²) < 4.78 is 7.01. The standard InChI is InChI=1S/C17H22N2O3/c1-6-17(2,3)11-7-8-15(22-5)12(9-11)14-10-13(16(20)21)18-19(14)4/h7-10H,6H2,1-5H3,(H,20,21). The molecule has 2 rings (SSSR count). The average Bonchev–Trinajstić information content (AvgIpc) is 2.88. The summed E-state index contributed by atoms with van der Waals surface area (Å²) in [6.07, 6.45) is 1.00. The van der Waals surface area contributed by atoms with Crippen LogP contribution in [0.15, 0.2) is 24.3 Å². The number of carboxylic acid groups (broad SMARTS) is 1. The third-order valence-corrected chi connectivity index (χ3v) is 4.24. The number of aromatic nitrogens is 2. The van der Waals surface area contributed by atoms with E-state index in [0.29, 0.717) is 5.75 Å². The second kappa shape index (κ2) is 5.83. The van der Waals surface area contributed by atoms with Crippen molar-refractivity contribution in [2.45, 2.75) is 32.6 Å². The molecule has 0 unspecified atom stereocenters. The third-order valence-electron chi connectivity index (χ3n) is 4.24. The smallest absolute Gasteiger partial charge is 0.356 e. The summed E-state index contributed by atoms with van der Waals surface area (Å²) in [6, 6.07) is 7.61. The summed E-state index contributed by atoms with van der Waals surface area (Å²) in [4.78, 5) is 11.1. The quantitative estimate of drug-likeness (QED) is 0.918. The van der Waals surface area contributed by atoms with Crippen molar-refractivity contribution in [2.75, 3.05) is 7.11 Å². The van der Waals surface area contributed by atoms with Gasteiger partial charge in [-0.3, -0.25) is 4.68 Å². The van der Waals surface area contributed by atoms with Crippen LogP contribution in [0, 0.1) is 0 Å². The van der Waals surface area contributed by atoms with Gasteiger partial charge in [0.05, 0.1) is 12.8 Å². The van der Waals surface area contributed by atoms with Crippen molar-refractivity contribution in [3.8, 4) is 17.0 Å². The molecular formula is C17H22N2O3. The molecule has 2 aromatic rings. The summed E-state index contributed by atoms with van der Waals surface area (Å²) in [5, 5.41) is 13.1. The zero-order valence-electron chi connectivity index (χ0n) is 13.7. The van der Waals surface area contributed by atoms with Crippen molar-refractivity contribution in [1.29, 1.82) is 0 Å². The van der Waals surface area contributed by atoms with Gasteiger partial charge in [0.15, 0.2) is 5.69 Å². The number of hydrogen-bond donors (Lipinski definition) is 1. The van der Waals surface area contributed by atoms with Crippen LogP contribution in [0.2, 0.25) is 0 Å². The number of hydrogen-bond acceptors (Lipinski definition) is 3. The summed E-state index contributed by atoms with van der Waals surface area (Å²) in [5.41, 5.74) is 2.82. The molecule has 0 atom stereocenters. The summed E-state index contributed by atoms with van der Waals surface area (Å²) in [6.45, 7) is 6.52. The first kappa shape index (κ1) is 16.1. The minimum Gasteiger partial charge on any atom is -0.496 e. The Morgan fingerprint density at radius 3 is 2.55 bits per heavy atom. The lowest BCUT2D eigenvalue weighted by Gasteiger charge is -2.24. The fourth-order valence-corrected chi connectivity index (χ4v) is 2.36. The Kier molecular flexibility index (Phi) is 4.26. The first-order chi connectivity index (χ1) is 10.3. The Balaban J connectivity index is 2.62. The van der Waals surface area contributed by atoms with Gasteiger partial charge in [-0.1, -0.05) is 26.8 Å².